The quantitative estimate of drug-likeness (QED) is 0.372. The smallest absolute Gasteiger partial charge is 0.410 e. The van der Waals surface area contributed by atoms with Crippen molar-refractivity contribution in [3.05, 3.63) is 46.1 Å². The first-order valence-electron chi connectivity index (χ1n) is 12.9. The molecule has 9 nitrogen and oxygen atoms in total. The van der Waals surface area contributed by atoms with E-state index in [0.717, 1.165) is 6.07 Å². The molecule has 1 fully saturated rings. The van der Waals surface area contributed by atoms with E-state index in [1.165, 1.54) is 21.9 Å². The molecule has 0 unspecified atom stereocenters. The van der Waals surface area contributed by atoms with Gasteiger partial charge in [0, 0.05) is 25.2 Å². The summed E-state index contributed by atoms with van der Waals surface area (Å²) >= 11 is 6.61. The number of hydrogen-bond donors (Lipinski definition) is 0. The third-order valence-corrected chi connectivity index (χ3v) is 6.52. The summed E-state index contributed by atoms with van der Waals surface area (Å²) in [5.74, 6) is -3.59. The second-order valence-electron chi connectivity index (χ2n) is 11.7. The molecule has 3 heterocycles. The van der Waals surface area contributed by atoms with Crippen molar-refractivity contribution < 1.29 is 37.4 Å². The molecular weight excluding hydrogens is 548 g/mol. The van der Waals surface area contributed by atoms with Crippen LogP contribution in [-0.2, 0) is 20.7 Å². The van der Waals surface area contributed by atoms with Gasteiger partial charge in [-0.05, 0) is 53.2 Å². The molecule has 1 aromatic heterocycles. The lowest BCUT2D eigenvalue weighted by atomic mass is 9.99. The zero-order valence-electron chi connectivity index (χ0n) is 23.3. The average molecular weight is 580 g/mol. The summed E-state index contributed by atoms with van der Waals surface area (Å²) in [4.78, 5) is 45.3. The van der Waals surface area contributed by atoms with Gasteiger partial charge in [-0.2, -0.15) is 4.39 Å². The number of nitrogens with zero attached hydrogens (tertiary/aromatic N) is 3. The Kier molecular flexibility index (Phi) is 7.99. The van der Waals surface area contributed by atoms with Crippen LogP contribution in [0.1, 0.15) is 57.5 Å². The zero-order chi connectivity index (χ0) is 29.6. The van der Waals surface area contributed by atoms with Gasteiger partial charge in [0.25, 0.3) is 5.91 Å². The largest absolute Gasteiger partial charge is 0.489 e. The predicted molar refractivity (Wildman–Crippen MR) is 142 cm³/mol. The SMILES string of the molecule is CC(C)(C)OC(=O)Cc1cccc(F)c1-c1nc(F)c2c(c1Cl)OC[C@H]1CN(C(=O)OC(C)(C)C)CCN1C2=O. The van der Waals surface area contributed by atoms with Crippen molar-refractivity contribution in [2.45, 2.75) is 65.2 Å². The molecule has 0 aliphatic carbocycles. The molecule has 0 saturated carbocycles. The van der Waals surface area contributed by atoms with Crippen LogP contribution >= 0.6 is 11.6 Å². The number of carbonyl (C=O) groups is 3. The zero-order valence-corrected chi connectivity index (χ0v) is 24.0. The van der Waals surface area contributed by atoms with Gasteiger partial charge in [0.1, 0.15) is 34.2 Å². The number of aromatic nitrogens is 1. The second kappa shape index (κ2) is 10.8. The molecule has 2 amide bonds. The number of pyridine rings is 1. The van der Waals surface area contributed by atoms with Gasteiger partial charge in [-0.15, -0.1) is 0 Å². The first-order valence-corrected chi connectivity index (χ1v) is 13.2. The fourth-order valence-electron chi connectivity index (χ4n) is 4.60. The Bertz CT molecular complexity index is 1360. The molecule has 0 N–H and O–H groups in total. The molecule has 2 aromatic rings. The Morgan fingerprint density at radius 2 is 1.75 bits per heavy atom. The fraction of sp³-hybridized carbons (Fsp3) is 0.500. The van der Waals surface area contributed by atoms with Crippen molar-refractivity contribution in [2.75, 3.05) is 26.2 Å². The van der Waals surface area contributed by atoms with E-state index >= 15 is 8.78 Å². The first-order chi connectivity index (χ1) is 18.6. The predicted octanol–water partition coefficient (Wildman–Crippen LogP) is 5.02. The summed E-state index contributed by atoms with van der Waals surface area (Å²) in [7, 11) is 0. The number of esters is 1. The minimum absolute atomic E-state index is 0.0987. The van der Waals surface area contributed by atoms with E-state index in [1.54, 1.807) is 41.5 Å². The maximum atomic E-state index is 15.5. The van der Waals surface area contributed by atoms with Crippen molar-refractivity contribution in [3.63, 3.8) is 0 Å². The summed E-state index contributed by atoms with van der Waals surface area (Å²) in [6.07, 6.45) is -0.858. The lowest BCUT2D eigenvalue weighted by Crippen LogP contribution is -2.58. The normalized spacial score (nSPS) is 17.4. The van der Waals surface area contributed by atoms with E-state index in [-0.39, 0.29) is 60.3 Å². The van der Waals surface area contributed by atoms with Gasteiger partial charge in [0.15, 0.2) is 5.75 Å². The van der Waals surface area contributed by atoms with Crippen LogP contribution in [0.3, 0.4) is 0 Å². The minimum atomic E-state index is -1.19. The maximum Gasteiger partial charge on any atom is 0.410 e. The molecule has 1 saturated heterocycles. The molecule has 4 rings (SSSR count). The third kappa shape index (κ3) is 6.29. The number of carbonyl (C=O) groups excluding carboxylic acids is 3. The van der Waals surface area contributed by atoms with Gasteiger partial charge in [0.05, 0.1) is 18.2 Å². The number of amides is 2. The van der Waals surface area contributed by atoms with E-state index in [0.29, 0.717) is 0 Å². The Morgan fingerprint density at radius 1 is 1.07 bits per heavy atom. The highest BCUT2D eigenvalue weighted by Crippen LogP contribution is 2.42. The number of fused-ring (bicyclic) bond motifs is 2. The molecule has 0 radical (unpaired) electrons. The molecule has 2 aliphatic rings. The monoisotopic (exact) mass is 579 g/mol. The van der Waals surface area contributed by atoms with Crippen LogP contribution in [0, 0.1) is 11.8 Å². The average Bonchev–Trinajstić information content (AvgIpc) is 2.96. The topological polar surface area (TPSA) is 98.3 Å². The molecule has 2 aliphatic heterocycles. The molecule has 216 valence electrons. The van der Waals surface area contributed by atoms with Gasteiger partial charge < -0.3 is 24.0 Å². The van der Waals surface area contributed by atoms with Crippen LogP contribution < -0.4 is 4.74 Å². The number of hydrogen-bond acceptors (Lipinski definition) is 7. The van der Waals surface area contributed by atoms with Crippen LogP contribution in [-0.4, -0.2) is 76.2 Å². The Balaban J connectivity index is 1.68. The maximum absolute atomic E-state index is 15.5. The number of benzene rings is 1. The molecule has 40 heavy (non-hydrogen) atoms. The highest BCUT2D eigenvalue weighted by atomic mass is 35.5. The van der Waals surface area contributed by atoms with Gasteiger partial charge in [-0.25, -0.2) is 14.2 Å². The van der Waals surface area contributed by atoms with Crippen molar-refractivity contribution in [3.8, 4) is 17.0 Å². The molecule has 12 heteroatoms. The number of rotatable bonds is 3. The highest BCUT2D eigenvalue weighted by molar-refractivity contribution is 6.35. The number of halogens is 3. The van der Waals surface area contributed by atoms with Crippen molar-refractivity contribution >= 4 is 29.6 Å². The summed E-state index contributed by atoms with van der Waals surface area (Å²) in [6, 6.07) is 3.41. The van der Waals surface area contributed by atoms with E-state index in [1.807, 2.05) is 0 Å². The van der Waals surface area contributed by atoms with Crippen LogP contribution in [0.25, 0.3) is 11.3 Å². The Hall–Kier alpha value is -3.47. The van der Waals surface area contributed by atoms with Crippen molar-refractivity contribution in [1.29, 1.82) is 0 Å². The van der Waals surface area contributed by atoms with Crippen LogP contribution in [0.4, 0.5) is 13.6 Å². The van der Waals surface area contributed by atoms with Crippen LogP contribution in [0.15, 0.2) is 18.2 Å². The first kappa shape index (κ1) is 29.5. The minimum Gasteiger partial charge on any atom is -0.489 e. The lowest BCUT2D eigenvalue weighted by Gasteiger charge is -2.40. The Morgan fingerprint density at radius 3 is 2.40 bits per heavy atom. The third-order valence-electron chi connectivity index (χ3n) is 6.17. The number of ether oxygens (including phenoxy) is 3. The summed E-state index contributed by atoms with van der Waals surface area (Å²) in [5.41, 5.74) is -2.28. The van der Waals surface area contributed by atoms with Crippen LogP contribution in [0.2, 0.25) is 5.02 Å². The van der Waals surface area contributed by atoms with E-state index in [4.69, 9.17) is 25.8 Å². The van der Waals surface area contributed by atoms with Crippen molar-refractivity contribution in [1.82, 2.24) is 14.8 Å². The van der Waals surface area contributed by atoms with Gasteiger partial charge in [-0.3, -0.25) is 9.59 Å². The summed E-state index contributed by atoms with van der Waals surface area (Å²) in [6.45, 7) is 10.6. The van der Waals surface area contributed by atoms with Gasteiger partial charge in [0.2, 0.25) is 5.95 Å². The number of piperazine rings is 1. The van der Waals surface area contributed by atoms with E-state index in [2.05, 4.69) is 4.98 Å². The van der Waals surface area contributed by atoms with Crippen molar-refractivity contribution in [2.24, 2.45) is 0 Å². The molecule has 1 atom stereocenters. The molecule has 0 bridgehead atoms. The standard InChI is InChI=1S/C28H32ClF2N3O6/c1-27(2,3)39-18(35)12-15-8-7-9-17(30)19(15)22-21(29)23-20(24(31)32-22)25(36)34-11-10-33(13-16(34)14-38-23)26(37)40-28(4,5)6/h7-9,16H,10-14H2,1-6H3/t16-/m1/s1. The second-order valence-corrected chi connectivity index (χ2v) is 12.1. The highest BCUT2D eigenvalue weighted by Gasteiger charge is 2.41. The summed E-state index contributed by atoms with van der Waals surface area (Å²) in [5, 5.41) is -0.274. The van der Waals surface area contributed by atoms with Crippen LogP contribution in [0.5, 0.6) is 5.75 Å². The van der Waals surface area contributed by atoms with E-state index < -0.39 is 52.5 Å². The lowest BCUT2D eigenvalue weighted by molar-refractivity contribution is -0.153. The summed E-state index contributed by atoms with van der Waals surface area (Å²) < 4.78 is 47.3. The Labute approximate surface area is 236 Å². The molecule has 1 aromatic carbocycles. The van der Waals surface area contributed by atoms with Gasteiger partial charge >= 0.3 is 12.1 Å². The van der Waals surface area contributed by atoms with Gasteiger partial charge in [-0.1, -0.05) is 23.7 Å². The fourth-order valence-corrected chi connectivity index (χ4v) is 4.88. The van der Waals surface area contributed by atoms with E-state index in [9.17, 15) is 14.4 Å². The molecule has 0 spiro atoms. The molecular formula is C28H32ClF2N3O6.